The summed E-state index contributed by atoms with van der Waals surface area (Å²) < 4.78 is 13.8. The van der Waals surface area contributed by atoms with Gasteiger partial charge in [-0.3, -0.25) is 0 Å². The lowest BCUT2D eigenvalue weighted by Gasteiger charge is -2.10. The molecule has 1 aromatic rings. The number of hydrogen-bond acceptors (Lipinski definition) is 3. The van der Waals surface area contributed by atoms with E-state index < -0.39 is 0 Å². The predicted octanol–water partition coefficient (Wildman–Crippen LogP) is 3.78. The fourth-order valence-electron chi connectivity index (χ4n) is 1.52. The van der Waals surface area contributed by atoms with Gasteiger partial charge in [0.05, 0.1) is 23.9 Å². The van der Waals surface area contributed by atoms with Crippen LogP contribution in [0.2, 0.25) is 0 Å². The Morgan fingerprint density at radius 1 is 1.30 bits per heavy atom. The standard InChI is InChI=1S/C15H19BrN2O2/c1-5-12(6-2)14(7-3)19-9-8-10-20-15-13(16)11-17-18(15)4/h5-7,11H,1-3,8-10H2,4H3. The molecule has 0 bridgehead atoms. The summed E-state index contributed by atoms with van der Waals surface area (Å²) in [6.07, 6.45) is 7.47. The van der Waals surface area contributed by atoms with Gasteiger partial charge in [-0.1, -0.05) is 31.9 Å². The van der Waals surface area contributed by atoms with Gasteiger partial charge in [0.15, 0.2) is 0 Å². The molecule has 0 fully saturated rings. The lowest BCUT2D eigenvalue weighted by Crippen LogP contribution is -2.06. The highest BCUT2D eigenvalue weighted by atomic mass is 79.9. The fourth-order valence-corrected chi connectivity index (χ4v) is 1.98. The zero-order valence-corrected chi connectivity index (χ0v) is 13.2. The van der Waals surface area contributed by atoms with Crippen LogP contribution in [0.15, 0.2) is 60.0 Å². The largest absolute Gasteiger partial charge is 0.493 e. The second-order valence-electron chi connectivity index (χ2n) is 3.90. The van der Waals surface area contributed by atoms with Crippen molar-refractivity contribution in [1.82, 2.24) is 9.78 Å². The first-order valence-corrected chi connectivity index (χ1v) is 6.98. The van der Waals surface area contributed by atoms with Crippen molar-refractivity contribution in [2.24, 2.45) is 7.05 Å². The van der Waals surface area contributed by atoms with Crippen LogP contribution in [-0.4, -0.2) is 23.0 Å². The quantitative estimate of drug-likeness (QED) is 0.390. The Kier molecular flexibility index (Phi) is 6.87. The van der Waals surface area contributed by atoms with E-state index in [0.717, 1.165) is 16.5 Å². The third-order valence-corrected chi connectivity index (χ3v) is 3.08. The number of ether oxygens (including phenoxy) is 2. The summed E-state index contributed by atoms with van der Waals surface area (Å²) in [6, 6.07) is 0. The first-order chi connectivity index (χ1) is 9.63. The molecule has 0 saturated carbocycles. The second-order valence-corrected chi connectivity index (χ2v) is 4.76. The summed E-state index contributed by atoms with van der Waals surface area (Å²) in [7, 11) is 1.83. The van der Waals surface area contributed by atoms with Crippen molar-refractivity contribution in [3.05, 3.63) is 60.0 Å². The third-order valence-electron chi connectivity index (χ3n) is 2.54. The average molecular weight is 339 g/mol. The first kappa shape index (κ1) is 16.3. The molecule has 0 amide bonds. The number of aromatic nitrogens is 2. The van der Waals surface area contributed by atoms with Crippen molar-refractivity contribution >= 4 is 15.9 Å². The van der Waals surface area contributed by atoms with Crippen LogP contribution in [0, 0.1) is 0 Å². The predicted molar refractivity (Wildman–Crippen MR) is 84.6 cm³/mol. The van der Waals surface area contributed by atoms with Gasteiger partial charge in [-0.25, -0.2) is 4.68 Å². The lowest BCUT2D eigenvalue weighted by molar-refractivity contribution is 0.186. The van der Waals surface area contributed by atoms with Gasteiger partial charge in [0.1, 0.15) is 5.76 Å². The SMILES string of the molecule is C=CC(C=C)=C(C=C)OCCCOc1c(Br)cnn1C. The minimum Gasteiger partial charge on any atom is -0.493 e. The van der Waals surface area contributed by atoms with Crippen molar-refractivity contribution in [2.75, 3.05) is 13.2 Å². The molecular weight excluding hydrogens is 320 g/mol. The molecule has 20 heavy (non-hydrogen) atoms. The van der Waals surface area contributed by atoms with E-state index in [0.29, 0.717) is 24.9 Å². The molecule has 0 aliphatic carbocycles. The summed E-state index contributed by atoms with van der Waals surface area (Å²) in [6.45, 7) is 12.2. The van der Waals surface area contributed by atoms with Crippen LogP contribution >= 0.6 is 15.9 Å². The fraction of sp³-hybridized carbons (Fsp3) is 0.267. The van der Waals surface area contributed by atoms with Crippen LogP contribution in [0.5, 0.6) is 5.88 Å². The Morgan fingerprint density at radius 2 is 2.00 bits per heavy atom. The highest BCUT2D eigenvalue weighted by Gasteiger charge is 2.06. The maximum Gasteiger partial charge on any atom is 0.226 e. The zero-order valence-electron chi connectivity index (χ0n) is 11.6. The molecule has 1 rings (SSSR count). The molecule has 0 aliphatic rings. The van der Waals surface area contributed by atoms with Crippen molar-refractivity contribution in [1.29, 1.82) is 0 Å². The van der Waals surface area contributed by atoms with E-state index in [9.17, 15) is 0 Å². The number of rotatable bonds is 9. The number of halogens is 1. The molecule has 0 atom stereocenters. The first-order valence-electron chi connectivity index (χ1n) is 6.18. The molecule has 1 heterocycles. The molecule has 1 aromatic heterocycles. The summed E-state index contributed by atoms with van der Waals surface area (Å²) in [5.41, 5.74) is 0.829. The normalized spacial score (nSPS) is 9.70. The smallest absolute Gasteiger partial charge is 0.226 e. The summed E-state index contributed by atoms with van der Waals surface area (Å²) >= 11 is 3.38. The molecule has 0 saturated heterocycles. The Bertz CT molecular complexity index is 488. The molecule has 5 heteroatoms. The van der Waals surface area contributed by atoms with E-state index in [1.807, 2.05) is 7.05 Å². The maximum absolute atomic E-state index is 5.63. The Hall–Kier alpha value is -1.75. The minimum absolute atomic E-state index is 0.530. The van der Waals surface area contributed by atoms with E-state index in [1.54, 1.807) is 29.1 Å². The number of hydrogen-bond donors (Lipinski definition) is 0. The molecule has 0 aromatic carbocycles. The average Bonchev–Trinajstić information content (AvgIpc) is 2.77. The van der Waals surface area contributed by atoms with Gasteiger partial charge >= 0.3 is 0 Å². The van der Waals surface area contributed by atoms with Crippen LogP contribution in [0.3, 0.4) is 0 Å². The van der Waals surface area contributed by atoms with Crippen molar-refractivity contribution in [2.45, 2.75) is 6.42 Å². The van der Waals surface area contributed by atoms with Crippen molar-refractivity contribution in [3.63, 3.8) is 0 Å². The number of nitrogens with zero attached hydrogens (tertiary/aromatic N) is 2. The topological polar surface area (TPSA) is 36.3 Å². The molecule has 4 nitrogen and oxygen atoms in total. The second kappa shape index (κ2) is 8.43. The highest BCUT2D eigenvalue weighted by molar-refractivity contribution is 9.10. The van der Waals surface area contributed by atoms with Crippen LogP contribution in [0.4, 0.5) is 0 Å². The third kappa shape index (κ3) is 4.42. The van der Waals surface area contributed by atoms with Gasteiger partial charge in [-0.2, -0.15) is 5.10 Å². The van der Waals surface area contributed by atoms with Gasteiger partial charge in [0, 0.05) is 19.0 Å². The Balaban J connectivity index is 2.39. The van der Waals surface area contributed by atoms with Gasteiger partial charge in [0.25, 0.3) is 0 Å². The van der Waals surface area contributed by atoms with E-state index in [4.69, 9.17) is 9.47 Å². The summed E-state index contributed by atoms with van der Waals surface area (Å²) in [4.78, 5) is 0. The molecule has 0 unspecified atom stereocenters. The monoisotopic (exact) mass is 338 g/mol. The summed E-state index contributed by atoms with van der Waals surface area (Å²) in [5, 5.41) is 4.07. The van der Waals surface area contributed by atoms with E-state index >= 15 is 0 Å². The van der Waals surface area contributed by atoms with Gasteiger partial charge in [0.2, 0.25) is 5.88 Å². The lowest BCUT2D eigenvalue weighted by atomic mass is 10.2. The minimum atomic E-state index is 0.530. The van der Waals surface area contributed by atoms with Crippen molar-refractivity contribution < 1.29 is 9.47 Å². The molecule has 108 valence electrons. The van der Waals surface area contributed by atoms with E-state index in [1.165, 1.54) is 0 Å². The molecule has 0 N–H and O–H groups in total. The van der Waals surface area contributed by atoms with Crippen molar-refractivity contribution in [3.8, 4) is 5.88 Å². The highest BCUT2D eigenvalue weighted by Crippen LogP contribution is 2.23. The van der Waals surface area contributed by atoms with Gasteiger partial charge < -0.3 is 9.47 Å². The summed E-state index contributed by atoms with van der Waals surface area (Å²) in [5.74, 6) is 1.39. The molecule has 0 radical (unpaired) electrons. The van der Waals surface area contributed by atoms with Crippen LogP contribution < -0.4 is 4.74 Å². The molecule has 0 spiro atoms. The van der Waals surface area contributed by atoms with Gasteiger partial charge in [-0.05, 0) is 22.0 Å². The Morgan fingerprint density at radius 3 is 2.50 bits per heavy atom. The molecular formula is C15H19BrN2O2. The van der Waals surface area contributed by atoms with Gasteiger partial charge in [-0.15, -0.1) is 0 Å². The van der Waals surface area contributed by atoms with Crippen LogP contribution in [-0.2, 0) is 11.8 Å². The van der Waals surface area contributed by atoms with Crippen LogP contribution in [0.1, 0.15) is 6.42 Å². The Labute approximate surface area is 128 Å². The zero-order chi connectivity index (χ0) is 15.0. The number of allylic oxidation sites excluding steroid dienone is 4. The molecule has 0 aliphatic heterocycles. The van der Waals surface area contributed by atoms with E-state index in [2.05, 4.69) is 40.8 Å². The van der Waals surface area contributed by atoms with Crippen LogP contribution in [0.25, 0.3) is 0 Å². The maximum atomic E-state index is 5.63. The number of aryl methyl sites for hydroxylation is 1. The van der Waals surface area contributed by atoms with E-state index in [-0.39, 0.29) is 0 Å².